The lowest BCUT2D eigenvalue weighted by Gasteiger charge is -2.25. The first-order chi connectivity index (χ1) is 12.7. The van der Waals surface area contributed by atoms with E-state index >= 15 is 0 Å². The fraction of sp³-hybridized carbons (Fsp3) is 0.350. The van der Waals surface area contributed by atoms with E-state index in [0.717, 1.165) is 23.2 Å². The molecule has 6 heteroatoms. The molecule has 0 saturated heterocycles. The molecular weight excluding hydrogens is 332 g/mol. The number of rotatable bonds is 6. The standard InChI is InChI=1S/C20H24N2O4/c1-3-26-20(24)22-18-11-13-6-4-5-7-16(13)19(18)21-17-9-8-15(25-2)10-14(17)12-23/h4-10,18-19,21,23H,3,11-12H2,1-2H3,(H,22,24)/t18-,19-/m1/s1. The smallest absolute Gasteiger partial charge is 0.407 e. The number of carbonyl (C=O) groups excluding carboxylic acids is 1. The van der Waals surface area contributed by atoms with Crippen LogP contribution in [0.1, 0.15) is 29.7 Å². The predicted octanol–water partition coefficient (Wildman–Crippen LogP) is 3.01. The van der Waals surface area contributed by atoms with E-state index in [4.69, 9.17) is 9.47 Å². The zero-order valence-electron chi connectivity index (χ0n) is 15.0. The summed E-state index contributed by atoms with van der Waals surface area (Å²) >= 11 is 0. The summed E-state index contributed by atoms with van der Waals surface area (Å²) in [6.45, 7) is 2.00. The van der Waals surface area contributed by atoms with E-state index in [1.165, 1.54) is 5.56 Å². The maximum atomic E-state index is 11.9. The number of amides is 1. The fourth-order valence-corrected chi connectivity index (χ4v) is 3.37. The minimum absolute atomic E-state index is 0.107. The Morgan fingerprint density at radius 2 is 2.08 bits per heavy atom. The Morgan fingerprint density at radius 3 is 2.81 bits per heavy atom. The first-order valence-corrected chi connectivity index (χ1v) is 8.71. The number of benzene rings is 2. The molecule has 0 bridgehead atoms. The molecule has 1 amide bonds. The van der Waals surface area contributed by atoms with Gasteiger partial charge in [-0.05, 0) is 42.7 Å². The van der Waals surface area contributed by atoms with E-state index in [2.05, 4.69) is 22.8 Å². The van der Waals surface area contributed by atoms with E-state index in [0.29, 0.717) is 12.4 Å². The first-order valence-electron chi connectivity index (χ1n) is 8.71. The Hall–Kier alpha value is -2.73. The largest absolute Gasteiger partial charge is 0.497 e. The van der Waals surface area contributed by atoms with Gasteiger partial charge in [0.05, 0.1) is 32.4 Å². The van der Waals surface area contributed by atoms with Crippen molar-refractivity contribution < 1.29 is 19.4 Å². The maximum absolute atomic E-state index is 11.9. The van der Waals surface area contributed by atoms with Gasteiger partial charge in [-0.15, -0.1) is 0 Å². The molecule has 0 aromatic heterocycles. The van der Waals surface area contributed by atoms with Crippen LogP contribution in [0.15, 0.2) is 42.5 Å². The lowest BCUT2D eigenvalue weighted by molar-refractivity contribution is 0.147. The van der Waals surface area contributed by atoms with Crippen molar-refractivity contribution in [2.75, 3.05) is 19.0 Å². The molecule has 0 aliphatic heterocycles. The lowest BCUT2D eigenvalue weighted by Crippen LogP contribution is -2.40. The van der Waals surface area contributed by atoms with Crippen molar-refractivity contribution >= 4 is 11.8 Å². The molecule has 0 radical (unpaired) electrons. The maximum Gasteiger partial charge on any atom is 0.407 e. The number of anilines is 1. The molecule has 138 valence electrons. The van der Waals surface area contributed by atoms with Crippen LogP contribution in [0.3, 0.4) is 0 Å². The van der Waals surface area contributed by atoms with Gasteiger partial charge in [0, 0.05) is 11.3 Å². The van der Waals surface area contributed by atoms with Crippen molar-refractivity contribution in [3.8, 4) is 5.75 Å². The second kappa shape index (κ2) is 8.10. The average molecular weight is 356 g/mol. The number of hydrogen-bond acceptors (Lipinski definition) is 5. The van der Waals surface area contributed by atoms with Crippen LogP contribution >= 0.6 is 0 Å². The van der Waals surface area contributed by atoms with Crippen LogP contribution in [-0.4, -0.2) is 31.0 Å². The number of aliphatic hydroxyl groups is 1. The van der Waals surface area contributed by atoms with Crippen molar-refractivity contribution in [3.63, 3.8) is 0 Å². The zero-order valence-corrected chi connectivity index (χ0v) is 15.0. The Kier molecular flexibility index (Phi) is 5.63. The quantitative estimate of drug-likeness (QED) is 0.741. The molecule has 0 saturated carbocycles. The number of aliphatic hydroxyl groups excluding tert-OH is 1. The minimum atomic E-state index is -0.422. The van der Waals surface area contributed by atoms with Gasteiger partial charge in [0.1, 0.15) is 5.75 Å². The predicted molar refractivity (Wildman–Crippen MR) is 99.4 cm³/mol. The second-order valence-electron chi connectivity index (χ2n) is 6.18. The van der Waals surface area contributed by atoms with Crippen molar-refractivity contribution in [1.82, 2.24) is 5.32 Å². The van der Waals surface area contributed by atoms with Crippen LogP contribution in [0.25, 0.3) is 0 Å². The molecule has 26 heavy (non-hydrogen) atoms. The Labute approximate surface area is 153 Å². The highest BCUT2D eigenvalue weighted by atomic mass is 16.5. The molecule has 3 rings (SSSR count). The summed E-state index contributed by atoms with van der Waals surface area (Å²) in [5, 5.41) is 16.1. The van der Waals surface area contributed by atoms with E-state index in [1.54, 1.807) is 20.1 Å². The number of carbonyl (C=O) groups is 1. The van der Waals surface area contributed by atoms with Crippen molar-refractivity contribution in [2.24, 2.45) is 0 Å². The molecular formula is C20H24N2O4. The minimum Gasteiger partial charge on any atom is -0.497 e. The molecule has 0 unspecified atom stereocenters. The number of ether oxygens (including phenoxy) is 2. The third-order valence-corrected chi connectivity index (χ3v) is 4.60. The van der Waals surface area contributed by atoms with Crippen molar-refractivity contribution in [2.45, 2.75) is 32.0 Å². The van der Waals surface area contributed by atoms with Gasteiger partial charge in [-0.25, -0.2) is 4.79 Å². The average Bonchev–Trinajstić information content (AvgIpc) is 2.99. The molecule has 2 aromatic carbocycles. The Balaban J connectivity index is 1.88. The van der Waals surface area contributed by atoms with Gasteiger partial charge in [-0.1, -0.05) is 24.3 Å². The molecule has 0 spiro atoms. The van der Waals surface area contributed by atoms with Gasteiger partial charge in [-0.2, -0.15) is 0 Å². The highest BCUT2D eigenvalue weighted by molar-refractivity contribution is 5.68. The van der Waals surface area contributed by atoms with Crippen LogP contribution < -0.4 is 15.4 Å². The van der Waals surface area contributed by atoms with Gasteiger partial charge in [0.2, 0.25) is 0 Å². The summed E-state index contributed by atoms with van der Waals surface area (Å²) in [6, 6.07) is 13.4. The first kappa shape index (κ1) is 18.1. The molecule has 0 heterocycles. The molecule has 2 aromatic rings. The van der Waals surface area contributed by atoms with E-state index in [9.17, 15) is 9.90 Å². The van der Waals surface area contributed by atoms with Crippen molar-refractivity contribution in [1.29, 1.82) is 0 Å². The zero-order chi connectivity index (χ0) is 18.5. The SMILES string of the molecule is CCOC(=O)N[C@@H]1Cc2ccccc2[C@H]1Nc1ccc(OC)cc1CO. The van der Waals surface area contributed by atoms with Gasteiger partial charge in [0.15, 0.2) is 0 Å². The summed E-state index contributed by atoms with van der Waals surface area (Å²) in [5.41, 5.74) is 3.87. The number of fused-ring (bicyclic) bond motifs is 1. The van der Waals surface area contributed by atoms with Gasteiger partial charge in [-0.3, -0.25) is 0 Å². The summed E-state index contributed by atoms with van der Waals surface area (Å²) in [5.74, 6) is 0.688. The number of nitrogens with one attached hydrogen (secondary N) is 2. The van der Waals surface area contributed by atoms with Gasteiger partial charge >= 0.3 is 6.09 Å². The molecule has 1 aliphatic carbocycles. The van der Waals surface area contributed by atoms with Crippen molar-refractivity contribution in [3.05, 3.63) is 59.2 Å². The molecule has 3 N–H and O–H groups in total. The summed E-state index contributed by atoms with van der Waals surface area (Å²) in [7, 11) is 1.59. The molecule has 6 nitrogen and oxygen atoms in total. The lowest BCUT2D eigenvalue weighted by atomic mass is 10.1. The van der Waals surface area contributed by atoms with Crippen LogP contribution in [0.4, 0.5) is 10.5 Å². The molecule has 2 atom stereocenters. The highest BCUT2D eigenvalue weighted by Crippen LogP contribution is 2.35. The Bertz CT molecular complexity index is 778. The van der Waals surface area contributed by atoms with Crippen LogP contribution in [0.5, 0.6) is 5.75 Å². The Morgan fingerprint density at radius 1 is 1.27 bits per heavy atom. The number of methoxy groups -OCH3 is 1. The fourth-order valence-electron chi connectivity index (χ4n) is 3.37. The highest BCUT2D eigenvalue weighted by Gasteiger charge is 2.34. The topological polar surface area (TPSA) is 79.8 Å². The summed E-state index contributed by atoms with van der Waals surface area (Å²) < 4.78 is 10.3. The third-order valence-electron chi connectivity index (χ3n) is 4.60. The van der Waals surface area contributed by atoms with Crippen LogP contribution in [0, 0.1) is 0 Å². The summed E-state index contributed by atoms with van der Waals surface area (Å²) in [4.78, 5) is 11.9. The monoisotopic (exact) mass is 356 g/mol. The van der Waals surface area contributed by atoms with Crippen LogP contribution in [-0.2, 0) is 17.8 Å². The van der Waals surface area contributed by atoms with Gasteiger partial charge in [0.25, 0.3) is 0 Å². The van der Waals surface area contributed by atoms with Crippen LogP contribution in [0.2, 0.25) is 0 Å². The normalized spacial score (nSPS) is 18.1. The van der Waals surface area contributed by atoms with Gasteiger partial charge < -0.3 is 25.2 Å². The second-order valence-corrected chi connectivity index (χ2v) is 6.18. The van der Waals surface area contributed by atoms with E-state index in [1.807, 2.05) is 24.3 Å². The van der Waals surface area contributed by atoms with E-state index < -0.39 is 6.09 Å². The molecule has 0 fully saturated rings. The number of hydrogen-bond donors (Lipinski definition) is 3. The van der Waals surface area contributed by atoms with E-state index in [-0.39, 0.29) is 18.7 Å². The third kappa shape index (κ3) is 3.75. The number of alkyl carbamates (subject to hydrolysis) is 1. The molecule has 1 aliphatic rings. The summed E-state index contributed by atoms with van der Waals surface area (Å²) in [6.07, 6.45) is 0.297.